The van der Waals surface area contributed by atoms with E-state index in [1.54, 1.807) is 27.7 Å². The van der Waals surface area contributed by atoms with Gasteiger partial charge < -0.3 is 37.5 Å². The van der Waals surface area contributed by atoms with Gasteiger partial charge in [-0.2, -0.15) is 0 Å². The van der Waals surface area contributed by atoms with Crippen molar-refractivity contribution in [1.82, 2.24) is 25.9 Å². The van der Waals surface area contributed by atoms with E-state index in [1.165, 1.54) is 12.5 Å². The van der Waals surface area contributed by atoms with Crippen molar-refractivity contribution in [3.05, 3.63) is 18.2 Å². The number of hydrogen-bond donors (Lipinski definition) is 7. The number of aliphatic carboxylic acids is 1. The summed E-state index contributed by atoms with van der Waals surface area (Å²) in [6.07, 6.45) is 3.00. The van der Waals surface area contributed by atoms with Gasteiger partial charge in [-0.3, -0.25) is 19.2 Å². The van der Waals surface area contributed by atoms with Crippen molar-refractivity contribution < 1.29 is 29.1 Å². The summed E-state index contributed by atoms with van der Waals surface area (Å²) < 4.78 is 0. The Kier molecular flexibility index (Phi) is 11.2. The number of hydrogen-bond acceptors (Lipinski definition) is 7. The lowest BCUT2D eigenvalue weighted by atomic mass is 9.98. The molecule has 13 nitrogen and oxygen atoms in total. The number of carboxylic acids is 1. The summed E-state index contributed by atoms with van der Waals surface area (Å²) >= 11 is 0. The molecule has 190 valence electrons. The van der Waals surface area contributed by atoms with Crippen molar-refractivity contribution in [3.8, 4) is 0 Å². The third-order valence-electron chi connectivity index (χ3n) is 5.39. The van der Waals surface area contributed by atoms with Gasteiger partial charge in [0, 0.05) is 18.3 Å². The van der Waals surface area contributed by atoms with E-state index < -0.39 is 66.1 Å². The first-order chi connectivity index (χ1) is 15.9. The zero-order valence-corrected chi connectivity index (χ0v) is 19.8. The maximum absolute atomic E-state index is 13.0. The van der Waals surface area contributed by atoms with Crippen LogP contribution in [-0.2, 0) is 30.4 Å². The van der Waals surface area contributed by atoms with E-state index in [9.17, 15) is 29.1 Å². The maximum atomic E-state index is 13.0. The smallest absolute Gasteiger partial charge is 0.326 e. The highest BCUT2D eigenvalue weighted by Gasteiger charge is 2.33. The number of primary amides is 1. The third kappa shape index (κ3) is 8.81. The van der Waals surface area contributed by atoms with Gasteiger partial charge in [-0.05, 0) is 11.8 Å². The molecule has 0 aliphatic carbocycles. The van der Waals surface area contributed by atoms with Crippen molar-refractivity contribution in [2.75, 3.05) is 0 Å². The van der Waals surface area contributed by atoms with Gasteiger partial charge in [0.25, 0.3) is 0 Å². The summed E-state index contributed by atoms with van der Waals surface area (Å²) in [5.74, 6) is -4.82. The number of imidazole rings is 1. The molecule has 0 aliphatic heterocycles. The number of rotatable bonds is 14. The number of carbonyl (C=O) groups is 5. The van der Waals surface area contributed by atoms with Crippen molar-refractivity contribution in [1.29, 1.82) is 0 Å². The number of carbonyl (C=O) groups excluding carboxylic acids is 4. The highest BCUT2D eigenvalue weighted by Crippen LogP contribution is 2.10. The van der Waals surface area contributed by atoms with Crippen molar-refractivity contribution in [3.63, 3.8) is 0 Å². The summed E-state index contributed by atoms with van der Waals surface area (Å²) in [5, 5.41) is 17.1. The minimum absolute atomic E-state index is 0.00433. The second-order valence-electron chi connectivity index (χ2n) is 8.56. The Balaban J connectivity index is 3.06. The van der Waals surface area contributed by atoms with Crippen LogP contribution < -0.4 is 27.4 Å². The molecule has 1 heterocycles. The van der Waals surface area contributed by atoms with Crippen LogP contribution in [0, 0.1) is 11.8 Å². The van der Waals surface area contributed by atoms with Crippen LogP contribution in [0.5, 0.6) is 0 Å². The van der Waals surface area contributed by atoms with Crippen LogP contribution in [0.15, 0.2) is 12.5 Å². The lowest BCUT2D eigenvalue weighted by Crippen LogP contribution is -2.59. The number of nitrogens with two attached hydrogens (primary N) is 2. The molecule has 13 heteroatoms. The first-order valence-electron chi connectivity index (χ1n) is 11.0. The zero-order valence-electron chi connectivity index (χ0n) is 19.8. The van der Waals surface area contributed by atoms with E-state index in [0.29, 0.717) is 12.1 Å². The van der Waals surface area contributed by atoms with Gasteiger partial charge in [0.05, 0.1) is 18.8 Å². The first kappa shape index (κ1) is 28.6. The van der Waals surface area contributed by atoms with Crippen molar-refractivity contribution in [2.45, 2.75) is 71.1 Å². The molecule has 0 bridgehead atoms. The molecule has 0 fully saturated rings. The minimum atomic E-state index is -1.23. The molecule has 0 radical (unpaired) electrons. The molecule has 4 amide bonds. The largest absolute Gasteiger partial charge is 0.480 e. The number of nitrogens with one attached hydrogen (secondary N) is 4. The topological polar surface area (TPSA) is 222 Å². The monoisotopic (exact) mass is 481 g/mol. The Morgan fingerprint density at radius 3 is 2.12 bits per heavy atom. The predicted molar refractivity (Wildman–Crippen MR) is 122 cm³/mol. The van der Waals surface area contributed by atoms with Crippen LogP contribution in [0.3, 0.4) is 0 Å². The molecule has 1 aromatic heterocycles. The molecule has 1 aromatic rings. The van der Waals surface area contributed by atoms with Crippen LogP contribution in [0.2, 0.25) is 0 Å². The molecule has 0 saturated carbocycles. The average molecular weight is 482 g/mol. The Hall–Kier alpha value is -3.48. The fourth-order valence-electron chi connectivity index (χ4n) is 3.13. The lowest BCUT2D eigenvalue weighted by molar-refractivity contribution is -0.143. The summed E-state index contributed by atoms with van der Waals surface area (Å²) in [6, 6.07) is -4.61. The molecule has 5 atom stereocenters. The Morgan fingerprint density at radius 2 is 1.65 bits per heavy atom. The van der Waals surface area contributed by atoms with Crippen LogP contribution in [0.4, 0.5) is 0 Å². The summed E-state index contributed by atoms with van der Waals surface area (Å²) in [7, 11) is 0. The number of aromatic amines is 1. The van der Waals surface area contributed by atoms with Gasteiger partial charge in [0.15, 0.2) is 0 Å². The number of carboxylic acid groups (broad SMARTS) is 1. The summed E-state index contributed by atoms with van der Waals surface area (Å²) in [6.45, 7) is 6.85. The van der Waals surface area contributed by atoms with Gasteiger partial charge in [0.1, 0.15) is 18.1 Å². The van der Waals surface area contributed by atoms with E-state index in [4.69, 9.17) is 11.5 Å². The summed E-state index contributed by atoms with van der Waals surface area (Å²) in [4.78, 5) is 67.8. The fraction of sp³-hybridized carbons (Fsp3) is 0.619. The Labute approximate surface area is 197 Å². The normalized spacial score (nSPS) is 15.5. The predicted octanol–water partition coefficient (Wildman–Crippen LogP) is -1.60. The van der Waals surface area contributed by atoms with Crippen molar-refractivity contribution in [2.24, 2.45) is 23.3 Å². The molecule has 0 spiro atoms. The molecule has 0 saturated heterocycles. The highest BCUT2D eigenvalue weighted by atomic mass is 16.4. The van der Waals surface area contributed by atoms with Crippen LogP contribution >= 0.6 is 0 Å². The molecular weight excluding hydrogens is 446 g/mol. The highest BCUT2D eigenvalue weighted by molar-refractivity contribution is 5.95. The second-order valence-corrected chi connectivity index (χ2v) is 8.56. The standard InChI is InChI=1S/C21H35N7O6/c1-5-11(4)17(21(33)34)28-19(31)14(6-12-8-24-9-25-12)26-20(32)16(10(2)3)27-18(30)13(22)7-15(23)29/h8-11,13-14,16-17H,5-7,22H2,1-4H3,(H2,23,29)(H,24,25)(H,26,32)(H,27,30)(H,28,31)(H,33,34). The van der Waals surface area contributed by atoms with Crippen molar-refractivity contribution >= 4 is 29.6 Å². The number of nitrogens with zero attached hydrogens (tertiary/aromatic N) is 1. The van der Waals surface area contributed by atoms with Gasteiger partial charge in [-0.1, -0.05) is 34.1 Å². The Bertz CT molecular complexity index is 858. The average Bonchev–Trinajstić information content (AvgIpc) is 3.26. The number of H-pyrrole nitrogens is 1. The van der Waals surface area contributed by atoms with Gasteiger partial charge in [-0.25, -0.2) is 9.78 Å². The van der Waals surface area contributed by atoms with E-state index >= 15 is 0 Å². The molecular formula is C21H35N7O6. The van der Waals surface area contributed by atoms with E-state index in [-0.39, 0.29) is 12.3 Å². The lowest BCUT2D eigenvalue weighted by Gasteiger charge is -2.27. The second kappa shape index (κ2) is 13.3. The molecule has 9 N–H and O–H groups in total. The van der Waals surface area contributed by atoms with Gasteiger partial charge in [-0.15, -0.1) is 0 Å². The van der Waals surface area contributed by atoms with E-state index in [1.807, 2.05) is 0 Å². The molecule has 0 aromatic carbocycles. The molecule has 0 aliphatic rings. The minimum Gasteiger partial charge on any atom is -0.480 e. The number of aromatic nitrogens is 2. The quantitative estimate of drug-likeness (QED) is 0.163. The molecule has 34 heavy (non-hydrogen) atoms. The third-order valence-corrected chi connectivity index (χ3v) is 5.39. The SMILES string of the molecule is CCC(C)C(NC(=O)C(Cc1cnc[nH]1)NC(=O)C(NC(=O)C(N)CC(N)=O)C(C)C)C(=O)O. The fourth-order valence-corrected chi connectivity index (χ4v) is 3.13. The van der Waals surface area contributed by atoms with Gasteiger partial charge in [0.2, 0.25) is 23.6 Å². The molecule has 1 rings (SSSR count). The number of amides is 4. The zero-order chi connectivity index (χ0) is 26.0. The Morgan fingerprint density at radius 1 is 1.03 bits per heavy atom. The van der Waals surface area contributed by atoms with E-state index in [0.717, 1.165) is 0 Å². The summed E-state index contributed by atoms with van der Waals surface area (Å²) in [5.41, 5.74) is 11.3. The maximum Gasteiger partial charge on any atom is 0.326 e. The van der Waals surface area contributed by atoms with Crippen LogP contribution in [-0.4, -0.2) is 68.8 Å². The van der Waals surface area contributed by atoms with E-state index in [2.05, 4.69) is 25.9 Å². The van der Waals surface area contributed by atoms with Crippen LogP contribution in [0.1, 0.15) is 46.2 Å². The van der Waals surface area contributed by atoms with Crippen LogP contribution in [0.25, 0.3) is 0 Å². The van der Waals surface area contributed by atoms with Gasteiger partial charge >= 0.3 is 5.97 Å². The molecule has 5 unspecified atom stereocenters. The first-order valence-corrected chi connectivity index (χ1v) is 11.0.